The molecule has 0 aliphatic heterocycles. The molecule has 1 aromatic rings. The minimum absolute atomic E-state index is 0.263. The Bertz CT molecular complexity index is 467. The summed E-state index contributed by atoms with van der Waals surface area (Å²) >= 11 is 11.7. The van der Waals surface area contributed by atoms with E-state index in [-0.39, 0.29) is 15.8 Å². The molecule has 0 aliphatic rings. The van der Waals surface area contributed by atoms with Crippen LogP contribution < -0.4 is 0 Å². The van der Waals surface area contributed by atoms with Gasteiger partial charge in [0, 0.05) is 15.6 Å². The Morgan fingerprint density at radius 1 is 1.24 bits per heavy atom. The van der Waals surface area contributed by atoms with Crippen LogP contribution >= 0.6 is 23.2 Å². The first-order valence-corrected chi connectivity index (χ1v) is 7.35. The highest BCUT2D eigenvalue weighted by atomic mass is 35.5. The predicted molar refractivity (Wildman–Crippen MR) is 67.0 cm³/mol. The van der Waals surface area contributed by atoms with Crippen molar-refractivity contribution in [1.82, 2.24) is 0 Å². The molecule has 0 aliphatic carbocycles. The monoisotopic (exact) mass is 298 g/mol. The molecule has 0 aromatic heterocycles. The highest BCUT2D eigenvalue weighted by molar-refractivity contribution is 7.90. The Kier molecular flexibility index (Phi) is 5.22. The molecule has 0 bridgehead atoms. The Morgan fingerprint density at radius 2 is 1.76 bits per heavy atom. The van der Waals surface area contributed by atoms with Crippen molar-refractivity contribution in [3.63, 3.8) is 0 Å². The first kappa shape index (κ1) is 14.7. The third kappa shape index (κ3) is 4.44. The van der Waals surface area contributed by atoms with Crippen LogP contribution in [0.2, 0.25) is 10.0 Å². The van der Waals surface area contributed by atoms with Crippen molar-refractivity contribution in [3.8, 4) is 0 Å². The number of halogens is 2. The van der Waals surface area contributed by atoms with Crippen LogP contribution in [0, 0.1) is 0 Å². The van der Waals surface area contributed by atoms with Crippen LogP contribution in [0.15, 0.2) is 18.2 Å². The average molecular weight is 299 g/mol. The minimum Gasteiger partial charge on any atom is -0.394 e. The first-order chi connectivity index (χ1) is 7.85. The van der Waals surface area contributed by atoms with Crippen molar-refractivity contribution < 1.29 is 18.6 Å². The van der Waals surface area contributed by atoms with Gasteiger partial charge in [0.15, 0.2) is 9.84 Å². The van der Waals surface area contributed by atoms with Gasteiger partial charge in [-0.3, -0.25) is 0 Å². The van der Waals surface area contributed by atoms with Gasteiger partial charge >= 0.3 is 0 Å². The number of sulfone groups is 1. The van der Waals surface area contributed by atoms with Crippen LogP contribution in [0.4, 0.5) is 0 Å². The topological polar surface area (TPSA) is 74.6 Å². The summed E-state index contributed by atoms with van der Waals surface area (Å²) in [5.74, 6) is -0.881. The van der Waals surface area contributed by atoms with Gasteiger partial charge in [-0.25, -0.2) is 8.42 Å². The van der Waals surface area contributed by atoms with Gasteiger partial charge in [-0.1, -0.05) is 29.3 Å². The number of hydrogen-bond donors (Lipinski definition) is 2. The zero-order valence-corrected chi connectivity index (χ0v) is 11.1. The van der Waals surface area contributed by atoms with Crippen LogP contribution in [0.25, 0.3) is 0 Å². The quantitative estimate of drug-likeness (QED) is 0.858. The molecule has 4 nitrogen and oxygen atoms in total. The normalized spacial score (nSPS) is 13.6. The van der Waals surface area contributed by atoms with Crippen LogP contribution in [0.5, 0.6) is 0 Å². The van der Waals surface area contributed by atoms with Gasteiger partial charge < -0.3 is 10.2 Å². The molecule has 17 heavy (non-hydrogen) atoms. The summed E-state index contributed by atoms with van der Waals surface area (Å²) in [6, 6.07) is 4.70. The highest BCUT2D eigenvalue weighted by Crippen LogP contribution is 2.26. The number of hydrogen-bond acceptors (Lipinski definition) is 4. The summed E-state index contributed by atoms with van der Waals surface area (Å²) < 4.78 is 23.4. The van der Waals surface area contributed by atoms with Gasteiger partial charge in [-0.05, 0) is 12.1 Å². The Morgan fingerprint density at radius 3 is 2.24 bits per heavy atom. The third-order valence-electron chi connectivity index (χ3n) is 2.08. The van der Waals surface area contributed by atoms with E-state index in [1.54, 1.807) is 18.2 Å². The van der Waals surface area contributed by atoms with Crippen molar-refractivity contribution >= 4 is 33.0 Å². The molecule has 1 rings (SSSR count). The van der Waals surface area contributed by atoms with Gasteiger partial charge in [0.05, 0.1) is 24.2 Å². The van der Waals surface area contributed by atoms with Crippen LogP contribution in [0.3, 0.4) is 0 Å². The molecule has 0 saturated carbocycles. The van der Waals surface area contributed by atoms with E-state index >= 15 is 0 Å². The van der Waals surface area contributed by atoms with E-state index in [2.05, 4.69) is 0 Å². The largest absolute Gasteiger partial charge is 0.394 e. The van der Waals surface area contributed by atoms with Gasteiger partial charge in [-0.15, -0.1) is 0 Å². The van der Waals surface area contributed by atoms with Gasteiger partial charge in [0.2, 0.25) is 0 Å². The molecule has 0 heterocycles. The number of aliphatic hydroxyl groups excluding tert-OH is 2. The lowest BCUT2D eigenvalue weighted by Crippen LogP contribution is -2.25. The van der Waals surface area contributed by atoms with Crippen LogP contribution in [0.1, 0.15) is 5.56 Å². The summed E-state index contributed by atoms with van der Waals surface area (Å²) in [7, 11) is -3.57. The molecule has 1 atom stereocenters. The summed E-state index contributed by atoms with van der Waals surface area (Å²) in [6.45, 7) is -0.602. The summed E-state index contributed by atoms with van der Waals surface area (Å²) in [6.07, 6.45) is -1.29. The third-order valence-corrected chi connectivity index (χ3v) is 4.41. The Labute approximate surface area is 110 Å². The second-order valence-electron chi connectivity index (χ2n) is 3.59. The molecule has 0 saturated heterocycles. The number of aliphatic hydroxyl groups is 2. The van der Waals surface area contributed by atoms with E-state index in [1.807, 2.05) is 0 Å². The van der Waals surface area contributed by atoms with Crippen molar-refractivity contribution in [1.29, 1.82) is 0 Å². The molecular weight excluding hydrogens is 287 g/mol. The molecule has 96 valence electrons. The van der Waals surface area contributed by atoms with Gasteiger partial charge in [-0.2, -0.15) is 0 Å². The predicted octanol–water partition coefficient (Wildman–Crippen LogP) is 1.26. The molecule has 0 amide bonds. The van der Waals surface area contributed by atoms with E-state index in [9.17, 15) is 8.42 Å². The van der Waals surface area contributed by atoms with E-state index in [0.717, 1.165) is 0 Å². The molecule has 0 spiro atoms. The van der Waals surface area contributed by atoms with Crippen molar-refractivity contribution in [2.24, 2.45) is 0 Å². The SMILES string of the molecule is O=S(=O)(Cc1c(Cl)cccc1Cl)CC(O)CO. The summed E-state index contributed by atoms with van der Waals surface area (Å²) in [5, 5.41) is 18.2. The molecule has 0 radical (unpaired) electrons. The zero-order chi connectivity index (χ0) is 13.1. The molecule has 7 heteroatoms. The Hall–Kier alpha value is -0.330. The minimum atomic E-state index is -3.57. The molecule has 1 unspecified atom stereocenters. The number of rotatable bonds is 5. The fourth-order valence-corrected chi connectivity index (χ4v) is 3.54. The lowest BCUT2D eigenvalue weighted by molar-refractivity contribution is 0.112. The molecule has 2 N–H and O–H groups in total. The highest BCUT2D eigenvalue weighted by Gasteiger charge is 2.20. The smallest absolute Gasteiger partial charge is 0.157 e. The van der Waals surface area contributed by atoms with Gasteiger partial charge in [0.1, 0.15) is 0 Å². The van der Waals surface area contributed by atoms with E-state index in [1.165, 1.54) is 0 Å². The average Bonchev–Trinajstić information content (AvgIpc) is 2.23. The van der Waals surface area contributed by atoms with E-state index in [0.29, 0.717) is 5.56 Å². The van der Waals surface area contributed by atoms with E-state index in [4.69, 9.17) is 33.4 Å². The standard InChI is InChI=1S/C10H12Cl2O4S/c11-9-2-1-3-10(12)8(9)6-17(15,16)5-7(14)4-13/h1-3,7,13-14H,4-6H2. The maximum absolute atomic E-state index is 11.7. The molecule has 0 fully saturated rings. The van der Waals surface area contributed by atoms with Crippen molar-refractivity contribution in [2.45, 2.75) is 11.9 Å². The maximum Gasteiger partial charge on any atom is 0.157 e. The zero-order valence-electron chi connectivity index (χ0n) is 8.81. The molecular formula is C10H12Cl2O4S. The number of benzene rings is 1. The lowest BCUT2D eigenvalue weighted by Gasteiger charge is -2.10. The summed E-state index contributed by atoms with van der Waals surface area (Å²) in [4.78, 5) is 0. The second kappa shape index (κ2) is 6.02. The fraction of sp³-hybridized carbons (Fsp3) is 0.400. The second-order valence-corrected chi connectivity index (χ2v) is 6.51. The summed E-state index contributed by atoms with van der Waals surface area (Å²) in [5.41, 5.74) is 0.306. The van der Waals surface area contributed by atoms with Crippen LogP contribution in [-0.4, -0.2) is 37.1 Å². The van der Waals surface area contributed by atoms with Crippen molar-refractivity contribution in [3.05, 3.63) is 33.8 Å². The van der Waals surface area contributed by atoms with Gasteiger partial charge in [0.25, 0.3) is 0 Å². The Balaban J connectivity index is 2.91. The molecule has 1 aromatic carbocycles. The van der Waals surface area contributed by atoms with Crippen LogP contribution in [-0.2, 0) is 15.6 Å². The maximum atomic E-state index is 11.7. The van der Waals surface area contributed by atoms with Crippen molar-refractivity contribution in [2.75, 3.05) is 12.4 Å². The van der Waals surface area contributed by atoms with E-state index < -0.39 is 28.3 Å². The fourth-order valence-electron chi connectivity index (χ4n) is 1.29. The first-order valence-electron chi connectivity index (χ1n) is 4.78. The lowest BCUT2D eigenvalue weighted by atomic mass is 10.2.